The number of hydrogen-bond donors (Lipinski definition) is 2. The highest BCUT2D eigenvalue weighted by Gasteiger charge is 2.48. The first-order valence-electron chi connectivity index (χ1n) is 9.75. The van der Waals surface area contributed by atoms with Crippen molar-refractivity contribution in [2.24, 2.45) is 0 Å². The third-order valence-corrected chi connectivity index (χ3v) is 5.89. The minimum atomic E-state index is -3.69. The second-order valence-corrected chi connectivity index (χ2v) is 10.1. The predicted octanol–water partition coefficient (Wildman–Crippen LogP) is 2.13. The Morgan fingerprint density at radius 3 is 2.40 bits per heavy atom. The summed E-state index contributed by atoms with van der Waals surface area (Å²) in [5.74, 6) is -0.632. The van der Waals surface area contributed by atoms with Crippen molar-refractivity contribution in [3.63, 3.8) is 0 Å². The molecule has 0 radical (unpaired) electrons. The van der Waals surface area contributed by atoms with Crippen LogP contribution in [0.3, 0.4) is 0 Å². The third kappa shape index (κ3) is 5.24. The highest BCUT2D eigenvalue weighted by Crippen LogP contribution is 2.29. The molecule has 1 aliphatic heterocycles. The molecule has 1 saturated heterocycles. The number of halogens is 1. The Labute approximate surface area is 176 Å². The van der Waals surface area contributed by atoms with E-state index in [4.69, 9.17) is 0 Å². The molecular weight excluding hydrogens is 407 g/mol. The lowest BCUT2D eigenvalue weighted by Gasteiger charge is -2.32. The van der Waals surface area contributed by atoms with Crippen molar-refractivity contribution < 1.29 is 22.7 Å². The van der Waals surface area contributed by atoms with E-state index in [9.17, 15) is 22.7 Å². The van der Waals surface area contributed by atoms with Crippen LogP contribution in [0.1, 0.15) is 19.4 Å². The fraction of sp³-hybridized carbons (Fsp3) is 0.409. The molecule has 0 aliphatic carbocycles. The molecule has 0 saturated carbocycles. The quantitative estimate of drug-likeness (QED) is 0.729. The van der Waals surface area contributed by atoms with E-state index in [2.05, 4.69) is 4.72 Å². The predicted molar refractivity (Wildman–Crippen MR) is 114 cm³/mol. The molecule has 2 unspecified atom stereocenters. The van der Waals surface area contributed by atoms with Gasteiger partial charge in [-0.2, -0.15) is 0 Å². The Kier molecular flexibility index (Phi) is 6.31. The fourth-order valence-corrected chi connectivity index (χ4v) is 4.64. The maximum Gasteiger partial charge on any atom is 0.254 e. The van der Waals surface area contributed by atoms with E-state index in [1.54, 1.807) is 0 Å². The Balaban J connectivity index is 1.94. The zero-order valence-corrected chi connectivity index (χ0v) is 18.1. The van der Waals surface area contributed by atoms with E-state index >= 15 is 0 Å². The van der Waals surface area contributed by atoms with Gasteiger partial charge in [-0.05, 0) is 37.0 Å². The summed E-state index contributed by atoms with van der Waals surface area (Å²) < 4.78 is 40.8. The number of amides is 1. The number of sulfonamides is 1. The highest BCUT2D eigenvalue weighted by atomic mass is 32.2. The molecule has 1 aliphatic rings. The van der Waals surface area contributed by atoms with Gasteiger partial charge in [-0.25, -0.2) is 17.5 Å². The molecule has 8 heteroatoms. The molecule has 2 aromatic carbocycles. The number of nitrogens with one attached hydrogen (secondary N) is 1. The van der Waals surface area contributed by atoms with Crippen LogP contribution >= 0.6 is 0 Å². The minimum absolute atomic E-state index is 0.246. The van der Waals surface area contributed by atoms with Gasteiger partial charge in [0.05, 0.1) is 24.9 Å². The summed E-state index contributed by atoms with van der Waals surface area (Å²) in [7, 11) is -3.69. The first-order chi connectivity index (χ1) is 14.0. The normalized spacial score (nSPS) is 22.3. The topological polar surface area (TPSA) is 86.7 Å². The van der Waals surface area contributed by atoms with Crippen LogP contribution in [0, 0.1) is 0 Å². The zero-order chi connectivity index (χ0) is 22.1. The molecule has 162 valence electrons. The standard InChI is InChI=1S/C22H27FN2O4S/c1-22(2,27)21(26)25-14-18(23)20(24-30(3,28)29)19(25)13-15-8-7-11-17(12-15)16-9-5-4-6-10-16/h4-12,18-20,24,27H,13-14H2,1-3H3/t18?,19-,20?/m0/s1. The van der Waals surface area contributed by atoms with E-state index in [1.165, 1.54) is 18.7 Å². The zero-order valence-electron chi connectivity index (χ0n) is 17.2. The van der Waals surface area contributed by atoms with Gasteiger partial charge in [-0.15, -0.1) is 0 Å². The molecule has 6 nitrogen and oxygen atoms in total. The number of aliphatic hydroxyl groups is 1. The Morgan fingerprint density at radius 1 is 1.17 bits per heavy atom. The summed E-state index contributed by atoms with van der Waals surface area (Å²) in [6, 6.07) is 15.5. The van der Waals surface area contributed by atoms with Gasteiger partial charge in [0.15, 0.2) is 0 Å². The van der Waals surface area contributed by atoms with Crippen molar-refractivity contribution in [3.05, 3.63) is 60.2 Å². The van der Waals surface area contributed by atoms with Gasteiger partial charge >= 0.3 is 0 Å². The van der Waals surface area contributed by atoms with Gasteiger partial charge in [0.2, 0.25) is 10.0 Å². The second-order valence-electron chi connectivity index (χ2n) is 8.29. The van der Waals surface area contributed by atoms with Crippen LogP contribution in [0.5, 0.6) is 0 Å². The summed E-state index contributed by atoms with van der Waals surface area (Å²) in [6.07, 6.45) is -0.364. The van der Waals surface area contributed by atoms with E-state index in [-0.39, 0.29) is 13.0 Å². The van der Waals surface area contributed by atoms with Gasteiger partial charge in [0, 0.05) is 0 Å². The number of carbonyl (C=O) groups is 1. The summed E-state index contributed by atoms with van der Waals surface area (Å²) in [4.78, 5) is 14.0. The van der Waals surface area contributed by atoms with Crippen molar-refractivity contribution in [2.45, 2.75) is 44.1 Å². The molecule has 0 spiro atoms. The maximum absolute atomic E-state index is 14.8. The number of alkyl halides is 1. The Morgan fingerprint density at radius 2 is 1.80 bits per heavy atom. The van der Waals surface area contributed by atoms with Crippen molar-refractivity contribution in [1.82, 2.24) is 9.62 Å². The van der Waals surface area contributed by atoms with Gasteiger partial charge in [-0.1, -0.05) is 54.6 Å². The molecule has 3 atom stereocenters. The number of hydrogen-bond acceptors (Lipinski definition) is 4. The van der Waals surface area contributed by atoms with Crippen molar-refractivity contribution >= 4 is 15.9 Å². The summed E-state index contributed by atoms with van der Waals surface area (Å²) >= 11 is 0. The summed E-state index contributed by atoms with van der Waals surface area (Å²) in [6.45, 7) is 2.40. The fourth-order valence-electron chi connectivity index (χ4n) is 3.84. The van der Waals surface area contributed by atoms with E-state index < -0.39 is 39.8 Å². The van der Waals surface area contributed by atoms with Gasteiger partial charge in [0.25, 0.3) is 5.91 Å². The summed E-state index contributed by atoms with van der Waals surface area (Å²) in [5, 5.41) is 10.2. The molecule has 0 bridgehead atoms. The molecular formula is C22H27FN2O4S. The van der Waals surface area contributed by atoms with Crippen LogP contribution in [0.2, 0.25) is 0 Å². The average molecular weight is 435 g/mol. The first kappa shape index (κ1) is 22.4. The number of nitrogens with zero attached hydrogens (tertiary/aromatic N) is 1. The monoisotopic (exact) mass is 434 g/mol. The molecule has 1 amide bonds. The van der Waals surface area contributed by atoms with Crippen molar-refractivity contribution in [1.29, 1.82) is 0 Å². The third-order valence-electron chi connectivity index (χ3n) is 5.19. The van der Waals surface area contributed by atoms with Crippen LogP contribution in [-0.2, 0) is 21.2 Å². The second kappa shape index (κ2) is 8.45. The molecule has 0 aromatic heterocycles. The van der Waals surface area contributed by atoms with Crippen LogP contribution in [0.15, 0.2) is 54.6 Å². The van der Waals surface area contributed by atoms with Crippen LogP contribution < -0.4 is 4.72 Å². The first-order valence-corrected chi connectivity index (χ1v) is 11.6. The number of likely N-dealkylation sites (tertiary alicyclic amines) is 1. The molecule has 30 heavy (non-hydrogen) atoms. The number of benzene rings is 2. The lowest BCUT2D eigenvalue weighted by molar-refractivity contribution is -0.149. The van der Waals surface area contributed by atoms with Crippen molar-refractivity contribution in [2.75, 3.05) is 12.8 Å². The molecule has 2 N–H and O–H groups in total. The molecule has 1 heterocycles. The van der Waals surface area contributed by atoms with Gasteiger partial charge in [0.1, 0.15) is 11.8 Å². The van der Waals surface area contributed by atoms with E-state index in [1.807, 2.05) is 54.6 Å². The molecule has 3 rings (SSSR count). The van der Waals surface area contributed by atoms with Crippen LogP contribution in [-0.4, -0.2) is 61.0 Å². The van der Waals surface area contributed by atoms with Crippen molar-refractivity contribution in [3.8, 4) is 11.1 Å². The largest absolute Gasteiger partial charge is 0.381 e. The average Bonchev–Trinajstić information content (AvgIpc) is 2.95. The highest BCUT2D eigenvalue weighted by molar-refractivity contribution is 7.88. The van der Waals surface area contributed by atoms with Crippen LogP contribution in [0.25, 0.3) is 11.1 Å². The van der Waals surface area contributed by atoms with E-state index in [0.717, 1.165) is 22.9 Å². The molecule has 2 aromatic rings. The Bertz CT molecular complexity index is 1010. The van der Waals surface area contributed by atoms with Crippen LogP contribution in [0.4, 0.5) is 4.39 Å². The smallest absolute Gasteiger partial charge is 0.254 e. The molecule has 1 fully saturated rings. The minimum Gasteiger partial charge on any atom is -0.381 e. The van der Waals surface area contributed by atoms with Gasteiger partial charge in [-0.3, -0.25) is 4.79 Å². The lowest BCUT2D eigenvalue weighted by Crippen LogP contribution is -2.53. The summed E-state index contributed by atoms with van der Waals surface area (Å²) in [5.41, 5.74) is 1.13. The number of carbonyl (C=O) groups excluding carboxylic acids is 1. The Hall–Kier alpha value is -2.29. The lowest BCUT2D eigenvalue weighted by atomic mass is 9.96. The maximum atomic E-state index is 14.8. The SMILES string of the molecule is CC(C)(O)C(=O)N1CC(F)C(NS(C)(=O)=O)[C@@H]1Cc1cccc(-c2ccccc2)c1. The van der Waals surface area contributed by atoms with Gasteiger partial charge < -0.3 is 10.0 Å². The number of rotatable bonds is 6. The van der Waals surface area contributed by atoms with E-state index in [0.29, 0.717) is 0 Å².